The summed E-state index contributed by atoms with van der Waals surface area (Å²) in [6.07, 6.45) is 1.36. The molecule has 1 amide bonds. The highest BCUT2D eigenvalue weighted by Gasteiger charge is 2.31. The van der Waals surface area contributed by atoms with Crippen LogP contribution >= 0.6 is 11.3 Å². The highest BCUT2D eigenvalue weighted by Crippen LogP contribution is 2.36. The quantitative estimate of drug-likeness (QED) is 0.448. The minimum atomic E-state index is -0.855. The number of hydrogen-bond acceptors (Lipinski definition) is 6. The van der Waals surface area contributed by atoms with Crippen molar-refractivity contribution in [2.75, 3.05) is 27.3 Å². The Morgan fingerprint density at radius 1 is 1.09 bits per heavy atom. The second-order valence-electron chi connectivity index (χ2n) is 9.07. The van der Waals surface area contributed by atoms with E-state index in [1.807, 2.05) is 6.92 Å². The van der Waals surface area contributed by atoms with Crippen molar-refractivity contribution in [2.24, 2.45) is 5.92 Å². The summed E-state index contributed by atoms with van der Waals surface area (Å²) in [4.78, 5) is 21.1. The molecule has 2 aromatic carbocycles. The summed E-state index contributed by atoms with van der Waals surface area (Å²) in [6.45, 7) is 6.85. The zero-order valence-corrected chi connectivity index (χ0v) is 21.2. The number of aliphatic hydroxyl groups excluding tert-OH is 1. The molecule has 1 aliphatic carbocycles. The standard InChI is InChI=1S/C27H32N2O4S/c1-16-10-17(2)12-21(11-16)26-25(28-18(3)34-26)27(31)29(14-19-6-7-19)15-22(30)20-8-9-23(32-4)24(13-20)33-5/h8-13,19,22,30H,6-7,14-15H2,1-5H3. The van der Waals surface area contributed by atoms with E-state index in [2.05, 4.69) is 37.0 Å². The molecule has 0 bridgehead atoms. The second kappa shape index (κ2) is 10.2. The molecule has 1 fully saturated rings. The lowest BCUT2D eigenvalue weighted by Gasteiger charge is -2.26. The smallest absolute Gasteiger partial charge is 0.274 e. The molecule has 0 saturated heterocycles. The van der Waals surface area contributed by atoms with Crippen molar-refractivity contribution in [3.05, 3.63) is 63.8 Å². The number of aromatic nitrogens is 1. The normalized spacial score (nSPS) is 14.1. The summed E-state index contributed by atoms with van der Waals surface area (Å²) >= 11 is 1.54. The minimum absolute atomic E-state index is 0.134. The molecular formula is C27H32N2O4S. The van der Waals surface area contributed by atoms with Crippen LogP contribution in [0.1, 0.15) is 51.1 Å². The first-order valence-corrected chi connectivity index (χ1v) is 12.4. The molecule has 1 unspecified atom stereocenters. The van der Waals surface area contributed by atoms with Gasteiger partial charge in [-0.2, -0.15) is 0 Å². The van der Waals surface area contributed by atoms with Gasteiger partial charge in [-0.1, -0.05) is 35.4 Å². The maximum Gasteiger partial charge on any atom is 0.274 e. The van der Waals surface area contributed by atoms with Crippen LogP contribution in [0.2, 0.25) is 0 Å². The van der Waals surface area contributed by atoms with Gasteiger partial charge in [-0.15, -0.1) is 11.3 Å². The molecule has 1 atom stereocenters. The average molecular weight is 481 g/mol. The van der Waals surface area contributed by atoms with Gasteiger partial charge >= 0.3 is 0 Å². The highest BCUT2D eigenvalue weighted by atomic mass is 32.1. The van der Waals surface area contributed by atoms with Gasteiger partial charge in [-0.3, -0.25) is 4.79 Å². The Labute approximate surface area is 205 Å². The summed E-state index contributed by atoms with van der Waals surface area (Å²) in [5, 5.41) is 11.9. The molecule has 7 heteroatoms. The van der Waals surface area contributed by atoms with Gasteiger partial charge in [0.1, 0.15) is 5.69 Å². The molecule has 6 nitrogen and oxygen atoms in total. The van der Waals surface area contributed by atoms with E-state index < -0.39 is 6.10 Å². The van der Waals surface area contributed by atoms with Gasteiger partial charge < -0.3 is 19.5 Å². The summed E-state index contributed by atoms with van der Waals surface area (Å²) in [5.74, 6) is 1.49. The van der Waals surface area contributed by atoms with Gasteiger partial charge in [0.2, 0.25) is 0 Å². The van der Waals surface area contributed by atoms with E-state index in [-0.39, 0.29) is 12.5 Å². The molecule has 0 aliphatic heterocycles. The van der Waals surface area contributed by atoms with E-state index in [1.165, 1.54) is 11.3 Å². The predicted molar refractivity (Wildman–Crippen MR) is 135 cm³/mol. The van der Waals surface area contributed by atoms with Crippen LogP contribution in [-0.4, -0.2) is 48.2 Å². The predicted octanol–water partition coefficient (Wildman–Crippen LogP) is 5.34. The summed E-state index contributed by atoms with van der Waals surface area (Å²) in [7, 11) is 3.14. The number of rotatable bonds is 9. The monoisotopic (exact) mass is 480 g/mol. The maximum absolute atomic E-state index is 13.8. The molecular weight excluding hydrogens is 448 g/mol. The van der Waals surface area contributed by atoms with Crippen molar-refractivity contribution in [1.82, 2.24) is 9.88 Å². The number of nitrogens with zero attached hydrogens (tertiary/aromatic N) is 2. The van der Waals surface area contributed by atoms with Crippen LogP contribution < -0.4 is 9.47 Å². The Hall–Kier alpha value is -2.90. The molecule has 0 radical (unpaired) electrons. The number of methoxy groups -OCH3 is 2. The zero-order valence-electron chi connectivity index (χ0n) is 20.4. The van der Waals surface area contributed by atoms with Crippen molar-refractivity contribution in [2.45, 2.75) is 39.7 Å². The Kier molecular flexibility index (Phi) is 7.24. The highest BCUT2D eigenvalue weighted by molar-refractivity contribution is 7.15. The van der Waals surface area contributed by atoms with Crippen LogP contribution in [0.5, 0.6) is 11.5 Å². The molecule has 1 saturated carbocycles. The molecule has 1 heterocycles. The Bertz CT molecular complexity index is 1170. The lowest BCUT2D eigenvalue weighted by molar-refractivity contribution is 0.0606. The van der Waals surface area contributed by atoms with Gasteiger partial charge in [0.05, 0.1) is 36.8 Å². The fourth-order valence-corrected chi connectivity index (χ4v) is 5.15. The van der Waals surface area contributed by atoms with E-state index >= 15 is 0 Å². The number of aliphatic hydroxyl groups is 1. The van der Waals surface area contributed by atoms with Crippen LogP contribution in [0.15, 0.2) is 36.4 Å². The van der Waals surface area contributed by atoms with Crippen molar-refractivity contribution >= 4 is 17.2 Å². The molecule has 180 valence electrons. The van der Waals surface area contributed by atoms with E-state index in [0.29, 0.717) is 35.2 Å². The van der Waals surface area contributed by atoms with Crippen molar-refractivity contribution in [1.29, 1.82) is 0 Å². The van der Waals surface area contributed by atoms with Crippen LogP contribution in [-0.2, 0) is 0 Å². The van der Waals surface area contributed by atoms with Crippen molar-refractivity contribution in [3.63, 3.8) is 0 Å². The fraction of sp³-hybridized carbons (Fsp3) is 0.407. The first-order valence-electron chi connectivity index (χ1n) is 11.5. The molecule has 0 spiro atoms. The molecule has 1 aromatic heterocycles. The van der Waals surface area contributed by atoms with Crippen LogP contribution in [0.25, 0.3) is 10.4 Å². The Balaban J connectivity index is 1.63. The SMILES string of the molecule is COc1ccc(C(O)CN(CC2CC2)C(=O)c2nc(C)sc2-c2cc(C)cc(C)c2)cc1OC. The first-order chi connectivity index (χ1) is 16.3. The summed E-state index contributed by atoms with van der Waals surface area (Å²) in [6, 6.07) is 11.7. The van der Waals surface area contributed by atoms with Crippen LogP contribution in [0.4, 0.5) is 0 Å². The zero-order chi connectivity index (χ0) is 24.4. The van der Waals surface area contributed by atoms with Crippen molar-refractivity contribution < 1.29 is 19.4 Å². The Morgan fingerprint density at radius 2 is 1.76 bits per heavy atom. The minimum Gasteiger partial charge on any atom is -0.493 e. The summed E-state index contributed by atoms with van der Waals surface area (Å²) < 4.78 is 10.7. The van der Waals surface area contributed by atoms with E-state index in [0.717, 1.165) is 39.4 Å². The number of benzene rings is 2. The average Bonchev–Trinajstić information content (AvgIpc) is 3.54. The van der Waals surface area contributed by atoms with Gasteiger partial charge in [0.15, 0.2) is 11.5 Å². The number of amides is 1. The van der Waals surface area contributed by atoms with Crippen LogP contribution in [0, 0.1) is 26.7 Å². The van der Waals surface area contributed by atoms with Gasteiger partial charge in [0.25, 0.3) is 5.91 Å². The third-order valence-electron chi connectivity index (χ3n) is 6.07. The Morgan fingerprint density at radius 3 is 2.38 bits per heavy atom. The molecule has 34 heavy (non-hydrogen) atoms. The molecule has 1 aliphatic rings. The lowest BCUT2D eigenvalue weighted by Crippen LogP contribution is -2.37. The number of carbonyl (C=O) groups excluding carboxylic acids is 1. The van der Waals surface area contributed by atoms with E-state index in [1.54, 1.807) is 37.3 Å². The maximum atomic E-state index is 13.8. The second-order valence-corrected chi connectivity index (χ2v) is 10.3. The van der Waals surface area contributed by atoms with Gasteiger partial charge in [-0.25, -0.2) is 4.98 Å². The first kappa shape index (κ1) is 24.2. The third kappa shape index (κ3) is 5.42. The molecule has 3 aromatic rings. The number of carbonyl (C=O) groups is 1. The topological polar surface area (TPSA) is 71.9 Å². The fourth-order valence-electron chi connectivity index (χ4n) is 4.25. The van der Waals surface area contributed by atoms with Gasteiger partial charge in [-0.05, 0) is 62.8 Å². The number of ether oxygens (including phenoxy) is 2. The van der Waals surface area contributed by atoms with E-state index in [9.17, 15) is 9.90 Å². The third-order valence-corrected chi connectivity index (χ3v) is 7.09. The van der Waals surface area contributed by atoms with Crippen molar-refractivity contribution in [3.8, 4) is 21.9 Å². The van der Waals surface area contributed by atoms with E-state index in [4.69, 9.17) is 9.47 Å². The molecule has 1 N–H and O–H groups in total. The largest absolute Gasteiger partial charge is 0.493 e. The lowest BCUT2D eigenvalue weighted by atomic mass is 10.0. The number of hydrogen-bond donors (Lipinski definition) is 1. The number of thiazole rings is 1. The molecule has 4 rings (SSSR count). The van der Waals surface area contributed by atoms with Gasteiger partial charge in [0, 0.05) is 6.54 Å². The van der Waals surface area contributed by atoms with Crippen LogP contribution in [0.3, 0.4) is 0 Å². The number of aryl methyl sites for hydroxylation is 3. The summed E-state index contributed by atoms with van der Waals surface area (Å²) in [5.41, 5.74) is 4.46.